The highest BCUT2D eigenvalue weighted by Gasteiger charge is 2.24. The predicted molar refractivity (Wildman–Crippen MR) is 232 cm³/mol. The minimum Gasteiger partial charge on any atom is -0.496 e. The Labute approximate surface area is 344 Å². The minimum absolute atomic E-state index is 0.0575. The van der Waals surface area contributed by atoms with E-state index in [1.807, 2.05) is 133 Å². The highest BCUT2D eigenvalue weighted by atomic mass is 32.2. The van der Waals surface area contributed by atoms with Crippen molar-refractivity contribution < 1.29 is 23.9 Å². The van der Waals surface area contributed by atoms with Crippen molar-refractivity contribution in [1.29, 1.82) is 0 Å². The normalized spacial score (nSPS) is 11.6. The molecule has 3 amide bonds. The molecule has 7 rings (SSSR count). The maximum Gasteiger partial charge on any atom is 0.272 e. The molecule has 6 aromatic carbocycles. The zero-order valence-corrected chi connectivity index (χ0v) is 33.0. The average Bonchev–Trinajstić information content (AvgIpc) is 3.74. The Hall–Kier alpha value is -6.95. The van der Waals surface area contributed by atoms with E-state index < -0.39 is 17.1 Å². The Morgan fingerprint density at radius 1 is 0.741 bits per heavy atom. The minimum atomic E-state index is -0.599. The highest BCUT2D eigenvalue weighted by molar-refractivity contribution is 8.00. The number of amides is 3. The number of para-hydroxylation sites is 1. The van der Waals surface area contributed by atoms with E-state index >= 15 is 0 Å². The smallest absolute Gasteiger partial charge is 0.272 e. The molecule has 0 radical (unpaired) electrons. The number of hydrogen-bond donors (Lipinski definition) is 3. The number of anilines is 2. The van der Waals surface area contributed by atoms with E-state index in [9.17, 15) is 14.4 Å². The van der Waals surface area contributed by atoms with Crippen LogP contribution in [0.5, 0.6) is 11.5 Å². The second kappa shape index (κ2) is 19.3. The molecular formula is C47H38N4O5S2. The molecule has 3 N–H and O–H groups in total. The summed E-state index contributed by atoms with van der Waals surface area (Å²) in [5, 5.41) is 10.5. The van der Waals surface area contributed by atoms with Crippen LogP contribution in [0.2, 0.25) is 0 Å². The Morgan fingerprint density at radius 2 is 1.40 bits per heavy atom. The largest absolute Gasteiger partial charge is 0.496 e. The van der Waals surface area contributed by atoms with Gasteiger partial charge in [0.2, 0.25) is 5.91 Å². The molecule has 0 aliphatic carbocycles. The number of methoxy groups -OCH3 is 1. The number of rotatable bonds is 15. The summed E-state index contributed by atoms with van der Waals surface area (Å²) in [6, 6.07) is 50.2. The topological polar surface area (TPSA) is 119 Å². The second-order valence-electron chi connectivity index (χ2n) is 12.8. The fourth-order valence-electron chi connectivity index (χ4n) is 5.84. The lowest BCUT2D eigenvalue weighted by molar-refractivity contribution is -0.116. The first kappa shape index (κ1) is 39.3. The van der Waals surface area contributed by atoms with E-state index in [4.69, 9.17) is 9.47 Å². The standard InChI is InChI=1S/C47H38N4O5S2/c1-55-42-20-12-11-19-39(42)41-31-57-47(50-41)51-46(54)43(34-15-7-3-8-16-34)58-38-27-23-36(24-28-38)48-45(53)40(49-44(52)35-17-9-4-10-18-35)29-32-21-25-37(26-22-32)56-30-33-13-5-2-6-14-33/h2-29,31,43H,30H2,1H3,(H,48,53)(H,49,52)(H,50,51,54)/b40-29-. The molecule has 288 valence electrons. The number of carbonyl (C=O) groups is 3. The maximum atomic E-state index is 13.8. The SMILES string of the molecule is COc1ccccc1-c1csc(NC(=O)C(Sc2ccc(NC(=O)/C(=C/c3ccc(OCc4ccccc4)cc3)NC(=O)c3ccccc3)cc2)c2ccccc2)n1. The number of nitrogens with zero attached hydrogens (tertiary/aromatic N) is 1. The van der Waals surface area contributed by atoms with Crippen LogP contribution in [-0.4, -0.2) is 29.8 Å². The Bertz CT molecular complexity index is 2490. The molecule has 0 bridgehead atoms. The first-order valence-corrected chi connectivity index (χ1v) is 20.1. The molecule has 1 atom stereocenters. The Balaban J connectivity index is 1.05. The lowest BCUT2D eigenvalue weighted by atomic mass is 10.1. The molecule has 1 aromatic heterocycles. The van der Waals surface area contributed by atoms with Crippen molar-refractivity contribution >= 4 is 57.7 Å². The van der Waals surface area contributed by atoms with Crippen LogP contribution < -0.4 is 25.4 Å². The summed E-state index contributed by atoms with van der Waals surface area (Å²) in [7, 11) is 1.61. The number of thioether (sulfide) groups is 1. The van der Waals surface area contributed by atoms with Crippen molar-refractivity contribution in [2.45, 2.75) is 16.8 Å². The molecule has 0 fully saturated rings. The number of carbonyl (C=O) groups excluding carboxylic acids is 3. The highest BCUT2D eigenvalue weighted by Crippen LogP contribution is 2.38. The van der Waals surface area contributed by atoms with Gasteiger partial charge in [-0.1, -0.05) is 103 Å². The Morgan fingerprint density at radius 3 is 2.10 bits per heavy atom. The Kier molecular flexibility index (Phi) is 13.1. The third-order valence-electron chi connectivity index (χ3n) is 8.79. The molecule has 7 aromatic rings. The van der Waals surface area contributed by atoms with Crippen LogP contribution in [-0.2, 0) is 16.2 Å². The van der Waals surface area contributed by atoms with Crippen molar-refractivity contribution in [3.8, 4) is 22.8 Å². The molecule has 11 heteroatoms. The van der Waals surface area contributed by atoms with E-state index in [1.165, 1.54) is 23.1 Å². The summed E-state index contributed by atoms with van der Waals surface area (Å²) in [6.45, 7) is 0.424. The van der Waals surface area contributed by atoms with Crippen LogP contribution in [0, 0.1) is 0 Å². The molecule has 1 unspecified atom stereocenters. The zero-order chi connectivity index (χ0) is 40.1. The number of ether oxygens (including phenoxy) is 2. The van der Waals surface area contributed by atoms with E-state index in [1.54, 1.807) is 49.6 Å². The zero-order valence-electron chi connectivity index (χ0n) is 31.3. The summed E-state index contributed by atoms with van der Waals surface area (Å²) in [5.41, 5.74) is 5.08. The maximum absolute atomic E-state index is 13.8. The van der Waals surface area contributed by atoms with Crippen molar-refractivity contribution in [2.75, 3.05) is 17.7 Å². The summed E-state index contributed by atoms with van der Waals surface area (Å²) in [5.74, 6) is 0.214. The molecule has 1 heterocycles. The van der Waals surface area contributed by atoms with Gasteiger partial charge in [-0.15, -0.1) is 23.1 Å². The number of nitrogens with one attached hydrogen (secondary N) is 3. The van der Waals surface area contributed by atoms with Gasteiger partial charge >= 0.3 is 0 Å². The first-order valence-electron chi connectivity index (χ1n) is 18.3. The molecular weight excluding hydrogens is 765 g/mol. The van der Waals surface area contributed by atoms with Gasteiger partial charge in [-0.3, -0.25) is 14.4 Å². The first-order chi connectivity index (χ1) is 28.4. The van der Waals surface area contributed by atoms with Gasteiger partial charge in [0.05, 0.1) is 12.8 Å². The summed E-state index contributed by atoms with van der Waals surface area (Å²) in [4.78, 5) is 46.3. The van der Waals surface area contributed by atoms with E-state index in [0.717, 1.165) is 21.6 Å². The van der Waals surface area contributed by atoms with Gasteiger partial charge in [-0.2, -0.15) is 0 Å². The quantitative estimate of drug-likeness (QED) is 0.0698. The van der Waals surface area contributed by atoms with Gasteiger partial charge < -0.3 is 25.4 Å². The van der Waals surface area contributed by atoms with Crippen LogP contribution in [0.15, 0.2) is 180 Å². The van der Waals surface area contributed by atoms with Crippen LogP contribution >= 0.6 is 23.1 Å². The number of aromatic nitrogens is 1. The van der Waals surface area contributed by atoms with Crippen molar-refractivity contribution in [2.24, 2.45) is 0 Å². The summed E-state index contributed by atoms with van der Waals surface area (Å²) < 4.78 is 11.4. The number of thiazole rings is 1. The van der Waals surface area contributed by atoms with Crippen LogP contribution in [0.3, 0.4) is 0 Å². The molecule has 0 saturated heterocycles. The van der Waals surface area contributed by atoms with Gasteiger partial charge in [-0.05, 0) is 83.4 Å². The monoisotopic (exact) mass is 802 g/mol. The molecule has 0 aliphatic heterocycles. The van der Waals surface area contributed by atoms with Gasteiger partial charge in [0, 0.05) is 27.1 Å². The lowest BCUT2D eigenvalue weighted by Gasteiger charge is -2.17. The molecule has 0 spiro atoms. The average molecular weight is 803 g/mol. The third kappa shape index (κ3) is 10.5. The molecule has 9 nitrogen and oxygen atoms in total. The van der Waals surface area contributed by atoms with E-state index in [2.05, 4.69) is 20.9 Å². The van der Waals surface area contributed by atoms with Crippen molar-refractivity contribution in [1.82, 2.24) is 10.3 Å². The van der Waals surface area contributed by atoms with Crippen LogP contribution in [0.25, 0.3) is 17.3 Å². The van der Waals surface area contributed by atoms with Gasteiger partial charge in [-0.25, -0.2) is 4.98 Å². The van der Waals surface area contributed by atoms with E-state index in [0.29, 0.717) is 45.7 Å². The summed E-state index contributed by atoms with van der Waals surface area (Å²) >= 11 is 2.72. The predicted octanol–water partition coefficient (Wildman–Crippen LogP) is 10.3. The van der Waals surface area contributed by atoms with E-state index in [-0.39, 0.29) is 11.6 Å². The van der Waals surface area contributed by atoms with Gasteiger partial charge in [0.15, 0.2) is 5.13 Å². The van der Waals surface area contributed by atoms with Crippen molar-refractivity contribution in [3.05, 3.63) is 197 Å². The fraction of sp³-hybridized carbons (Fsp3) is 0.0638. The van der Waals surface area contributed by atoms with Crippen LogP contribution in [0.1, 0.15) is 32.3 Å². The third-order valence-corrected chi connectivity index (χ3v) is 10.8. The molecule has 0 aliphatic rings. The number of benzene rings is 6. The van der Waals surface area contributed by atoms with Gasteiger partial charge in [0.1, 0.15) is 29.1 Å². The lowest BCUT2D eigenvalue weighted by Crippen LogP contribution is -2.30. The van der Waals surface area contributed by atoms with Gasteiger partial charge in [0.25, 0.3) is 11.8 Å². The fourth-order valence-corrected chi connectivity index (χ4v) is 7.58. The number of hydrogen-bond acceptors (Lipinski definition) is 8. The van der Waals surface area contributed by atoms with Crippen LogP contribution in [0.4, 0.5) is 10.8 Å². The second-order valence-corrected chi connectivity index (χ2v) is 14.9. The molecule has 0 saturated carbocycles. The molecule has 58 heavy (non-hydrogen) atoms. The van der Waals surface area contributed by atoms with Crippen molar-refractivity contribution in [3.63, 3.8) is 0 Å². The summed E-state index contributed by atoms with van der Waals surface area (Å²) in [6.07, 6.45) is 1.62.